The number of carbonyl (C=O) groups excluding carboxylic acids is 1. The Morgan fingerprint density at radius 3 is 2.37 bits per heavy atom. The molecule has 3 rings (SSSR count). The lowest BCUT2D eigenvalue weighted by Crippen LogP contribution is -2.49. The molecule has 1 aliphatic heterocycles. The largest absolute Gasteiger partial charge is 0.497 e. The predicted octanol–water partition coefficient (Wildman–Crippen LogP) is 3.09. The molecule has 1 fully saturated rings. The lowest BCUT2D eigenvalue weighted by molar-refractivity contribution is -0.126. The number of carbonyl (C=O) groups is 1. The lowest BCUT2D eigenvalue weighted by atomic mass is 10.1. The minimum atomic E-state index is -0.304. The molecule has 0 saturated carbocycles. The van der Waals surface area contributed by atoms with E-state index in [0.717, 1.165) is 5.56 Å². The van der Waals surface area contributed by atoms with Crippen molar-refractivity contribution in [3.05, 3.63) is 65.5 Å². The Balaban J connectivity index is 1.67. The third kappa shape index (κ3) is 4.26. The lowest BCUT2D eigenvalue weighted by Gasteiger charge is -2.36. The van der Waals surface area contributed by atoms with Gasteiger partial charge in [0.05, 0.1) is 12.8 Å². The molecular formula is C21H20FN3O2. The van der Waals surface area contributed by atoms with Crippen molar-refractivity contribution in [2.45, 2.75) is 0 Å². The number of benzene rings is 2. The van der Waals surface area contributed by atoms with Gasteiger partial charge >= 0.3 is 0 Å². The van der Waals surface area contributed by atoms with Crippen LogP contribution in [0.25, 0.3) is 6.08 Å². The number of halogens is 1. The van der Waals surface area contributed by atoms with Crippen LogP contribution in [0.5, 0.6) is 5.75 Å². The van der Waals surface area contributed by atoms with Gasteiger partial charge in [-0.15, -0.1) is 0 Å². The van der Waals surface area contributed by atoms with Gasteiger partial charge in [-0.25, -0.2) is 4.39 Å². The van der Waals surface area contributed by atoms with E-state index in [1.807, 2.05) is 11.0 Å². The maximum absolute atomic E-state index is 13.9. The molecule has 138 valence electrons. The van der Waals surface area contributed by atoms with Gasteiger partial charge in [-0.05, 0) is 35.9 Å². The number of nitrogens with zero attached hydrogens (tertiary/aromatic N) is 3. The van der Waals surface area contributed by atoms with E-state index in [1.165, 1.54) is 6.07 Å². The van der Waals surface area contributed by atoms with E-state index in [9.17, 15) is 14.4 Å². The van der Waals surface area contributed by atoms with Crippen LogP contribution in [0.1, 0.15) is 5.56 Å². The maximum Gasteiger partial charge on any atom is 0.264 e. The van der Waals surface area contributed by atoms with Crippen LogP contribution in [0.3, 0.4) is 0 Å². The monoisotopic (exact) mass is 365 g/mol. The molecule has 2 aromatic carbocycles. The van der Waals surface area contributed by atoms with E-state index in [2.05, 4.69) is 0 Å². The molecular weight excluding hydrogens is 345 g/mol. The number of amides is 1. The van der Waals surface area contributed by atoms with E-state index in [1.54, 1.807) is 60.6 Å². The molecule has 0 aromatic heterocycles. The van der Waals surface area contributed by atoms with Crippen LogP contribution in [0.15, 0.2) is 54.1 Å². The summed E-state index contributed by atoms with van der Waals surface area (Å²) in [6.45, 7) is 1.92. The Morgan fingerprint density at radius 2 is 1.78 bits per heavy atom. The van der Waals surface area contributed by atoms with Gasteiger partial charge in [-0.2, -0.15) is 5.26 Å². The standard InChI is InChI=1S/C21H20FN3O2/c1-27-18-8-6-16(7-9-18)14-17(15-23)21(26)25-12-10-24(11-13-25)20-5-3-2-4-19(20)22/h2-9,14H,10-13H2,1H3/b17-14+. The molecule has 0 spiro atoms. The van der Waals surface area contributed by atoms with E-state index < -0.39 is 0 Å². The van der Waals surface area contributed by atoms with Crippen molar-refractivity contribution < 1.29 is 13.9 Å². The van der Waals surface area contributed by atoms with Crippen molar-refractivity contribution >= 4 is 17.7 Å². The van der Waals surface area contributed by atoms with Crippen LogP contribution < -0.4 is 9.64 Å². The highest BCUT2D eigenvalue weighted by Gasteiger charge is 2.24. The second kappa shape index (κ2) is 8.37. The van der Waals surface area contributed by atoms with E-state index in [-0.39, 0.29) is 17.3 Å². The first-order valence-corrected chi connectivity index (χ1v) is 8.67. The number of methoxy groups -OCH3 is 1. The fourth-order valence-electron chi connectivity index (χ4n) is 3.04. The van der Waals surface area contributed by atoms with Gasteiger partial charge in [0.25, 0.3) is 5.91 Å². The predicted molar refractivity (Wildman–Crippen MR) is 102 cm³/mol. The molecule has 2 aromatic rings. The first kappa shape index (κ1) is 18.5. The second-order valence-corrected chi connectivity index (χ2v) is 6.17. The van der Waals surface area contributed by atoms with Crippen molar-refractivity contribution in [3.63, 3.8) is 0 Å². The van der Waals surface area contributed by atoms with Crippen molar-refractivity contribution in [2.24, 2.45) is 0 Å². The van der Waals surface area contributed by atoms with Crippen molar-refractivity contribution in [1.29, 1.82) is 5.26 Å². The average molecular weight is 365 g/mol. The molecule has 5 nitrogen and oxygen atoms in total. The molecule has 0 aliphatic carbocycles. The molecule has 0 bridgehead atoms. The van der Waals surface area contributed by atoms with Crippen LogP contribution in [0.2, 0.25) is 0 Å². The molecule has 27 heavy (non-hydrogen) atoms. The van der Waals surface area contributed by atoms with Gasteiger partial charge in [0, 0.05) is 26.2 Å². The first-order valence-electron chi connectivity index (χ1n) is 8.67. The summed E-state index contributed by atoms with van der Waals surface area (Å²) in [4.78, 5) is 16.2. The number of piperazine rings is 1. The third-order valence-corrected chi connectivity index (χ3v) is 4.54. The molecule has 1 saturated heterocycles. The summed E-state index contributed by atoms with van der Waals surface area (Å²) in [6, 6.07) is 15.7. The number of anilines is 1. The minimum absolute atomic E-state index is 0.0829. The zero-order valence-electron chi connectivity index (χ0n) is 15.1. The minimum Gasteiger partial charge on any atom is -0.497 e. The molecule has 1 amide bonds. The SMILES string of the molecule is COc1ccc(/C=C(\C#N)C(=O)N2CCN(c3ccccc3F)CC2)cc1. The highest BCUT2D eigenvalue weighted by atomic mass is 19.1. The number of hydrogen-bond donors (Lipinski definition) is 0. The summed E-state index contributed by atoms with van der Waals surface area (Å²) in [5.74, 6) is 0.136. The number of hydrogen-bond acceptors (Lipinski definition) is 4. The van der Waals surface area contributed by atoms with Gasteiger partial charge in [-0.3, -0.25) is 4.79 Å². The molecule has 0 radical (unpaired) electrons. The summed E-state index contributed by atoms with van der Waals surface area (Å²) in [5.41, 5.74) is 1.38. The molecule has 0 N–H and O–H groups in total. The number of rotatable bonds is 4. The highest BCUT2D eigenvalue weighted by molar-refractivity contribution is 6.01. The maximum atomic E-state index is 13.9. The quantitative estimate of drug-likeness (QED) is 0.617. The molecule has 6 heteroatoms. The summed E-state index contributed by atoms with van der Waals surface area (Å²) in [6.07, 6.45) is 1.57. The second-order valence-electron chi connectivity index (χ2n) is 6.17. The summed E-state index contributed by atoms with van der Waals surface area (Å²) in [7, 11) is 1.58. The van der Waals surface area contributed by atoms with Gasteiger partial charge in [0.1, 0.15) is 23.2 Å². The summed E-state index contributed by atoms with van der Waals surface area (Å²) in [5, 5.41) is 9.41. The zero-order valence-corrected chi connectivity index (χ0v) is 15.1. The smallest absolute Gasteiger partial charge is 0.264 e. The van der Waals surface area contributed by atoms with Gasteiger partial charge in [-0.1, -0.05) is 24.3 Å². The summed E-state index contributed by atoms with van der Waals surface area (Å²) >= 11 is 0. The fraction of sp³-hybridized carbons (Fsp3) is 0.238. The van der Waals surface area contributed by atoms with Gasteiger partial charge in [0.2, 0.25) is 0 Å². The summed E-state index contributed by atoms with van der Waals surface area (Å²) < 4.78 is 19.0. The van der Waals surface area contributed by atoms with E-state index in [4.69, 9.17) is 4.74 Å². The fourth-order valence-corrected chi connectivity index (χ4v) is 3.04. The first-order chi connectivity index (χ1) is 13.1. The van der Waals surface area contributed by atoms with Crippen LogP contribution in [-0.2, 0) is 4.79 Å². The molecule has 0 unspecified atom stereocenters. The number of ether oxygens (including phenoxy) is 1. The van der Waals surface area contributed by atoms with Crippen molar-refractivity contribution in [1.82, 2.24) is 4.90 Å². The normalized spacial score (nSPS) is 14.6. The molecule has 1 aliphatic rings. The molecule has 1 heterocycles. The van der Waals surface area contributed by atoms with Crippen LogP contribution in [0, 0.1) is 17.1 Å². The Labute approximate surface area is 157 Å². The van der Waals surface area contributed by atoms with Crippen LogP contribution in [0.4, 0.5) is 10.1 Å². The van der Waals surface area contributed by atoms with Gasteiger partial charge in [0.15, 0.2) is 0 Å². The van der Waals surface area contributed by atoms with Crippen LogP contribution in [-0.4, -0.2) is 44.1 Å². The number of para-hydroxylation sites is 1. The average Bonchev–Trinajstić information content (AvgIpc) is 2.72. The Bertz CT molecular complexity index is 879. The Kier molecular flexibility index (Phi) is 5.72. The topological polar surface area (TPSA) is 56.6 Å². The molecule has 0 atom stereocenters. The van der Waals surface area contributed by atoms with E-state index in [0.29, 0.717) is 37.6 Å². The highest BCUT2D eigenvalue weighted by Crippen LogP contribution is 2.21. The third-order valence-electron chi connectivity index (χ3n) is 4.54. The number of nitriles is 1. The Morgan fingerprint density at radius 1 is 1.11 bits per heavy atom. The van der Waals surface area contributed by atoms with Gasteiger partial charge < -0.3 is 14.5 Å². The van der Waals surface area contributed by atoms with Crippen molar-refractivity contribution in [2.75, 3.05) is 38.2 Å². The Hall–Kier alpha value is -3.33. The van der Waals surface area contributed by atoms with Crippen LogP contribution >= 0.6 is 0 Å². The van der Waals surface area contributed by atoms with Crippen molar-refractivity contribution in [3.8, 4) is 11.8 Å². The zero-order chi connectivity index (χ0) is 19.2. The van der Waals surface area contributed by atoms with E-state index >= 15 is 0 Å².